The number of H-pyrrole nitrogens is 1. The Kier molecular flexibility index (Phi) is 5.95. The van der Waals surface area contributed by atoms with Gasteiger partial charge in [0, 0.05) is 30.5 Å². The lowest BCUT2D eigenvalue weighted by molar-refractivity contribution is 0.107. The molecule has 0 saturated carbocycles. The van der Waals surface area contributed by atoms with Crippen molar-refractivity contribution in [1.29, 1.82) is 0 Å². The minimum absolute atomic E-state index is 0.0273. The van der Waals surface area contributed by atoms with Crippen molar-refractivity contribution in [1.82, 2.24) is 30.0 Å². The van der Waals surface area contributed by atoms with Crippen LogP contribution in [0.15, 0.2) is 12.3 Å². The van der Waals surface area contributed by atoms with Gasteiger partial charge in [0.2, 0.25) is 5.88 Å². The first-order valence-corrected chi connectivity index (χ1v) is 14.8. The van der Waals surface area contributed by atoms with Crippen molar-refractivity contribution in [2.75, 3.05) is 37.7 Å². The molecule has 1 aromatic carbocycles. The average molecular weight is 602 g/mol. The number of anilines is 1. The largest absolute Gasteiger partial charge is 0.475 e. The molecular formula is C28H27Cl2F2N7O2. The highest BCUT2D eigenvalue weighted by Crippen LogP contribution is 2.46. The third kappa shape index (κ3) is 3.95. The summed E-state index contributed by atoms with van der Waals surface area (Å²) in [7, 11) is 0. The van der Waals surface area contributed by atoms with E-state index in [0.717, 1.165) is 45.2 Å². The van der Waals surface area contributed by atoms with E-state index in [9.17, 15) is 4.39 Å². The molecule has 41 heavy (non-hydrogen) atoms. The summed E-state index contributed by atoms with van der Waals surface area (Å²) in [6.45, 7) is 2.62. The molecule has 3 aromatic heterocycles. The minimum atomic E-state index is -0.886. The molecular weight excluding hydrogens is 575 g/mol. The molecule has 1 N–H and O–H groups in total. The van der Waals surface area contributed by atoms with Gasteiger partial charge in [-0.25, -0.2) is 13.8 Å². The number of aromatic nitrogens is 5. The molecule has 0 spiro atoms. The third-order valence-corrected chi connectivity index (χ3v) is 9.92. The summed E-state index contributed by atoms with van der Waals surface area (Å²) in [6, 6.07) is 1.74. The molecule has 9 nitrogen and oxygen atoms in total. The molecule has 7 heterocycles. The fraction of sp³-hybridized carbons (Fsp3) is 0.500. The van der Waals surface area contributed by atoms with E-state index in [-0.39, 0.29) is 45.8 Å². The Morgan fingerprint density at radius 3 is 2.98 bits per heavy atom. The second kappa shape index (κ2) is 9.50. The van der Waals surface area contributed by atoms with Crippen molar-refractivity contribution in [3.8, 4) is 23.1 Å². The number of hydrogen-bond donors (Lipinski definition) is 1. The zero-order valence-corrected chi connectivity index (χ0v) is 23.6. The van der Waals surface area contributed by atoms with E-state index >= 15 is 4.39 Å². The van der Waals surface area contributed by atoms with Gasteiger partial charge in [-0.1, -0.05) is 23.2 Å². The standard InChI is InChI=1S/C28H27Cl2F2N7O2/c29-17-8-18-16(10-33-37-18)19(21(17)30)23-22(32)24-20-25(39-7-2-1-4-15(39)12-40-26(20)34-23)36-27(35-24)41-13-28-5-3-6-38(28)11-14(31)9-28/h8,10,14-15H,1-7,9,11-13H2,(H,33,37)/t14-,15+,28+/m1/s1. The number of benzene rings is 1. The number of nitrogens with one attached hydrogen (secondary N) is 1. The molecule has 0 radical (unpaired) electrons. The molecule has 4 aliphatic rings. The highest BCUT2D eigenvalue weighted by molar-refractivity contribution is 6.45. The molecule has 0 bridgehead atoms. The highest BCUT2D eigenvalue weighted by Gasteiger charge is 2.49. The van der Waals surface area contributed by atoms with Crippen LogP contribution in [0.5, 0.6) is 11.9 Å². The number of hydrogen-bond acceptors (Lipinski definition) is 8. The lowest BCUT2D eigenvalue weighted by Gasteiger charge is -2.35. The highest BCUT2D eigenvalue weighted by atomic mass is 35.5. The fourth-order valence-electron chi connectivity index (χ4n) is 7.19. The van der Waals surface area contributed by atoms with E-state index in [1.807, 2.05) is 0 Å². The topological polar surface area (TPSA) is 92.3 Å². The Morgan fingerprint density at radius 1 is 1.17 bits per heavy atom. The first-order valence-electron chi connectivity index (χ1n) is 14.1. The quantitative estimate of drug-likeness (QED) is 0.317. The minimum Gasteiger partial charge on any atom is -0.475 e. The maximum atomic E-state index is 16.7. The maximum absolute atomic E-state index is 16.7. The molecule has 0 amide bonds. The number of ether oxygens (including phenoxy) is 2. The summed E-state index contributed by atoms with van der Waals surface area (Å²) >= 11 is 13.1. The van der Waals surface area contributed by atoms with E-state index in [1.165, 1.54) is 0 Å². The van der Waals surface area contributed by atoms with Crippen LogP contribution >= 0.6 is 23.2 Å². The molecule has 4 aliphatic heterocycles. The van der Waals surface area contributed by atoms with Crippen molar-refractivity contribution in [2.24, 2.45) is 0 Å². The Bertz CT molecular complexity index is 1700. The Balaban J connectivity index is 1.31. The van der Waals surface area contributed by atoms with E-state index in [1.54, 1.807) is 12.3 Å². The number of pyridine rings is 1. The molecule has 0 unspecified atom stereocenters. The van der Waals surface area contributed by atoms with Gasteiger partial charge in [-0.15, -0.1) is 0 Å². The Hall–Kier alpha value is -3.02. The van der Waals surface area contributed by atoms with E-state index in [2.05, 4.69) is 30.0 Å². The monoisotopic (exact) mass is 601 g/mol. The summed E-state index contributed by atoms with van der Waals surface area (Å²) in [6.07, 6.45) is 5.87. The summed E-state index contributed by atoms with van der Waals surface area (Å²) in [5.74, 6) is 0.0892. The fourth-order valence-corrected chi connectivity index (χ4v) is 7.64. The summed E-state index contributed by atoms with van der Waals surface area (Å²) in [5.41, 5.74) is 0.483. The van der Waals surface area contributed by atoms with Gasteiger partial charge in [-0.05, 0) is 44.7 Å². The summed E-state index contributed by atoms with van der Waals surface area (Å²) in [4.78, 5) is 18.4. The van der Waals surface area contributed by atoms with Crippen molar-refractivity contribution in [3.63, 3.8) is 0 Å². The van der Waals surface area contributed by atoms with Gasteiger partial charge >= 0.3 is 6.01 Å². The molecule has 4 aromatic rings. The predicted octanol–water partition coefficient (Wildman–Crippen LogP) is 5.72. The van der Waals surface area contributed by atoms with Crippen LogP contribution in [0, 0.1) is 5.82 Å². The van der Waals surface area contributed by atoms with E-state index < -0.39 is 17.5 Å². The van der Waals surface area contributed by atoms with Crippen molar-refractivity contribution in [2.45, 2.75) is 56.3 Å². The van der Waals surface area contributed by atoms with Crippen LogP contribution in [-0.4, -0.2) is 80.6 Å². The lowest BCUT2D eigenvalue weighted by atomic mass is 9.95. The Morgan fingerprint density at radius 2 is 2.07 bits per heavy atom. The first-order chi connectivity index (χ1) is 19.9. The van der Waals surface area contributed by atoms with Crippen LogP contribution in [0.4, 0.5) is 14.6 Å². The molecule has 13 heteroatoms. The van der Waals surface area contributed by atoms with Gasteiger partial charge in [0.15, 0.2) is 5.82 Å². The predicted molar refractivity (Wildman–Crippen MR) is 151 cm³/mol. The second-order valence-corrected chi connectivity index (χ2v) is 12.3. The second-order valence-electron chi connectivity index (χ2n) is 11.5. The van der Waals surface area contributed by atoms with Gasteiger partial charge in [0.25, 0.3) is 0 Å². The van der Waals surface area contributed by atoms with Crippen LogP contribution in [-0.2, 0) is 0 Å². The van der Waals surface area contributed by atoms with Gasteiger partial charge in [0.05, 0.1) is 33.3 Å². The smallest absolute Gasteiger partial charge is 0.319 e. The molecule has 3 atom stereocenters. The van der Waals surface area contributed by atoms with Crippen LogP contribution in [0.25, 0.3) is 33.1 Å². The lowest BCUT2D eigenvalue weighted by Crippen LogP contribution is -2.44. The van der Waals surface area contributed by atoms with Gasteiger partial charge in [-0.3, -0.25) is 10.00 Å². The summed E-state index contributed by atoms with van der Waals surface area (Å²) < 4.78 is 43.6. The van der Waals surface area contributed by atoms with Gasteiger partial charge in [0.1, 0.15) is 41.8 Å². The molecule has 0 aliphatic carbocycles. The molecule has 3 saturated heterocycles. The van der Waals surface area contributed by atoms with Crippen LogP contribution in [0.3, 0.4) is 0 Å². The molecule has 214 valence electrons. The number of nitrogens with zero attached hydrogens (tertiary/aromatic N) is 6. The zero-order chi connectivity index (χ0) is 27.9. The normalized spacial score (nSPS) is 25.8. The first kappa shape index (κ1) is 25.7. The molecule has 3 fully saturated rings. The van der Waals surface area contributed by atoms with Crippen LogP contribution in [0.1, 0.15) is 38.5 Å². The van der Waals surface area contributed by atoms with E-state index in [4.69, 9.17) is 37.7 Å². The number of rotatable bonds is 4. The van der Waals surface area contributed by atoms with Crippen LogP contribution in [0.2, 0.25) is 10.0 Å². The number of piperidine rings is 1. The van der Waals surface area contributed by atoms with E-state index in [0.29, 0.717) is 47.2 Å². The molecule has 8 rings (SSSR count). The number of fused-ring (bicyclic) bond motifs is 4. The maximum Gasteiger partial charge on any atom is 0.319 e. The van der Waals surface area contributed by atoms with Gasteiger partial charge < -0.3 is 14.4 Å². The van der Waals surface area contributed by atoms with Gasteiger partial charge in [-0.2, -0.15) is 15.1 Å². The number of halogens is 4. The van der Waals surface area contributed by atoms with Crippen molar-refractivity contribution in [3.05, 3.63) is 28.1 Å². The average Bonchev–Trinajstić information content (AvgIpc) is 3.63. The SMILES string of the molecule is Fc1c(-c2c(Cl)c(Cl)cc3[nH]ncc23)nc2c3c(nc(OC[C@@]45CCCN4C[C@H](F)C5)nc13)N1CCCC[C@H]1CO2. The zero-order valence-electron chi connectivity index (χ0n) is 22.1. The third-order valence-electron chi connectivity index (χ3n) is 9.13. The Labute approximate surface area is 244 Å². The summed E-state index contributed by atoms with van der Waals surface area (Å²) in [5, 5.41) is 8.31. The number of alkyl halides is 1. The van der Waals surface area contributed by atoms with Crippen LogP contribution < -0.4 is 14.4 Å². The van der Waals surface area contributed by atoms with Crippen molar-refractivity contribution < 1.29 is 18.3 Å². The van der Waals surface area contributed by atoms with Crippen molar-refractivity contribution >= 4 is 50.8 Å². The number of aromatic amines is 1.